The highest BCUT2D eigenvalue weighted by Crippen LogP contribution is 2.29. The van der Waals surface area contributed by atoms with Crippen LogP contribution in [0.3, 0.4) is 0 Å². The predicted octanol–water partition coefficient (Wildman–Crippen LogP) is 3.41. The number of thiazole rings is 1. The molecule has 0 radical (unpaired) electrons. The van der Waals surface area contributed by atoms with E-state index in [4.69, 9.17) is 21.1 Å². The molecule has 0 saturated heterocycles. The fourth-order valence-electron chi connectivity index (χ4n) is 1.76. The fourth-order valence-corrected chi connectivity index (χ4v) is 2.68. The summed E-state index contributed by atoms with van der Waals surface area (Å²) < 4.78 is 10.9. The first kappa shape index (κ1) is 15.1. The van der Waals surface area contributed by atoms with Gasteiger partial charge in [-0.15, -0.1) is 11.3 Å². The number of nitrogens with zero attached hydrogens (tertiary/aromatic N) is 1. The molecule has 5 nitrogen and oxygen atoms in total. The molecule has 0 bridgehead atoms. The van der Waals surface area contributed by atoms with Crippen molar-refractivity contribution in [2.75, 3.05) is 19.5 Å². The predicted molar refractivity (Wildman–Crippen MR) is 79.3 cm³/mol. The maximum absolute atomic E-state index is 9.86. The van der Waals surface area contributed by atoms with Crippen LogP contribution in [0.25, 0.3) is 0 Å². The Morgan fingerprint density at radius 1 is 1.40 bits per heavy atom. The number of aromatic hydroxyl groups is 1. The van der Waals surface area contributed by atoms with Crippen LogP contribution in [-0.4, -0.2) is 24.3 Å². The molecule has 1 aromatic carbocycles. The molecular weight excluding hydrogens is 300 g/mol. The number of benzene rings is 1. The molecule has 2 rings (SSSR count). The summed E-state index contributed by atoms with van der Waals surface area (Å²) in [6.07, 6.45) is 1.24. The van der Waals surface area contributed by atoms with Gasteiger partial charge in [0.25, 0.3) is 0 Å². The van der Waals surface area contributed by atoms with E-state index in [0.29, 0.717) is 16.7 Å². The molecule has 20 heavy (non-hydrogen) atoms. The van der Waals surface area contributed by atoms with Crippen LogP contribution < -0.4 is 5.32 Å². The summed E-state index contributed by atoms with van der Waals surface area (Å²) in [6.45, 7) is 0.534. The minimum Gasteiger partial charge on any atom is -0.506 e. The molecule has 0 unspecified atom stereocenters. The number of hydrogen-bond donors (Lipinski definition) is 2. The summed E-state index contributed by atoms with van der Waals surface area (Å²) in [6, 6.07) is 5.14. The van der Waals surface area contributed by atoms with Crippen molar-refractivity contribution in [3.63, 3.8) is 0 Å². The van der Waals surface area contributed by atoms with Crippen molar-refractivity contribution in [3.8, 4) is 5.75 Å². The van der Waals surface area contributed by atoms with Crippen LogP contribution in [0.15, 0.2) is 24.4 Å². The largest absolute Gasteiger partial charge is 0.506 e. The van der Waals surface area contributed by atoms with Crippen molar-refractivity contribution in [1.82, 2.24) is 4.98 Å². The number of ether oxygens (including phenoxy) is 2. The molecule has 0 fully saturated rings. The summed E-state index contributed by atoms with van der Waals surface area (Å²) in [5.41, 5.74) is 1.42. The van der Waals surface area contributed by atoms with E-state index in [1.807, 2.05) is 0 Å². The molecule has 2 aromatic rings. The maximum atomic E-state index is 9.86. The molecule has 1 heterocycles. The lowest BCUT2D eigenvalue weighted by molar-refractivity contribution is -0.106. The second kappa shape index (κ2) is 6.90. The number of methoxy groups -OCH3 is 2. The Morgan fingerprint density at radius 2 is 2.15 bits per heavy atom. The van der Waals surface area contributed by atoms with Gasteiger partial charge in [-0.1, -0.05) is 17.7 Å². The number of aromatic nitrogens is 1. The molecule has 1 aromatic heterocycles. The third kappa shape index (κ3) is 3.61. The molecule has 0 atom stereocenters. The minimum atomic E-state index is -0.464. The van der Waals surface area contributed by atoms with Crippen LogP contribution >= 0.6 is 22.9 Å². The number of rotatable bonds is 6. The first-order valence-electron chi connectivity index (χ1n) is 5.86. The summed E-state index contributed by atoms with van der Waals surface area (Å²) in [5.74, 6) is 0.162. The van der Waals surface area contributed by atoms with Gasteiger partial charge in [0.15, 0.2) is 10.8 Å². The number of anilines is 1. The van der Waals surface area contributed by atoms with Crippen LogP contribution in [0.4, 0.5) is 5.69 Å². The van der Waals surface area contributed by atoms with Crippen LogP contribution in [0.1, 0.15) is 16.7 Å². The number of nitrogens with one attached hydrogen (secondary N) is 1. The third-order valence-corrected chi connectivity index (χ3v) is 3.81. The normalized spacial score (nSPS) is 11.0. The third-order valence-electron chi connectivity index (χ3n) is 2.70. The lowest BCUT2D eigenvalue weighted by Crippen LogP contribution is -2.05. The monoisotopic (exact) mass is 314 g/mol. The Bertz CT molecular complexity index is 572. The Balaban J connectivity index is 2.12. The molecule has 0 spiro atoms. The van der Waals surface area contributed by atoms with Crippen LogP contribution in [0.2, 0.25) is 4.47 Å². The lowest BCUT2D eigenvalue weighted by Gasteiger charge is -2.16. The first-order chi connectivity index (χ1) is 9.63. The standard InChI is InChI=1S/C13H15ClN2O3S/c1-18-12(19-2)8-3-4-11(17)10(5-8)15-6-9-7-16-13(14)20-9/h3-5,7,12,15,17H,6H2,1-2H3. The highest BCUT2D eigenvalue weighted by molar-refractivity contribution is 7.15. The lowest BCUT2D eigenvalue weighted by atomic mass is 10.1. The topological polar surface area (TPSA) is 63.6 Å². The minimum absolute atomic E-state index is 0.162. The highest BCUT2D eigenvalue weighted by Gasteiger charge is 2.12. The second-order valence-electron chi connectivity index (χ2n) is 4.01. The SMILES string of the molecule is COC(OC)c1ccc(O)c(NCc2cnc(Cl)s2)c1. The number of phenolic OH excluding ortho intramolecular Hbond substituents is 1. The second-order valence-corrected chi connectivity index (χ2v) is 5.71. The molecule has 0 aliphatic rings. The molecule has 0 aliphatic heterocycles. The van der Waals surface area contributed by atoms with E-state index in [0.717, 1.165) is 10.4 Å². The maximum Gasteiger partial charge on any atom is 0.183 e. The first-order valence-corrected chi connectivity index (χ1v) is 7.06. The molecule has 108 valence electrons. The number of halogens is 1. The summed E-state index contributed by atoms with van der Waals surface area (Å²) in [4.78, 5) is 4.95. The summed E-state index contributed by atoms with van der Waals surface area (Å²) in [5, 5.41) is 13.0. The Morgan fingerprint density at radius 3 is 2.75 bits per heavy atom. The summed E-state index contributed by atoms with van der Waals surface area (Å²) >= 11 is 7.17. The van der Waals surface area contributed by atoms with Gasteiger partial charge in [-0.25, -0.2) is 4.98 Å². The van der Waals surface area contributed by atoms with E-state index in [-0.39, 0.29) is 5.75 Å². The van der Waals surface area contributed by atoms with Gasteiger partial charge in [0.2, 0.25) is 0 Å². The van der Waals surface area contributed by atoms with E-state index in [9.17, 15) is 5.11 Å². The molecule has 0 amide bonds. The van der Waals surface area contributed by atoms with E-state index in [2.05, 4.69) is 10.3 Å². The molecule has 2 N–H and O–H groups in total. The smallest absolute Gasteiger partial charge is 0.183 e. The van der Waals surface area contributed by atoms with Crippen molar-refractivity contribution in [3.05, 3.63) is 39.3 Å². The van der Waals surface area contributed by atoms with E-state index in [1.54, 1.807) is 38.6 Å². The zero-order valence-electron chi connectivity index (χ0n) is 11.1. The van der Waals surface area contributed by atoms with Crippen molar-refractivity contribution in [1.29, 1.82) is 0 Å². The Hall–Kier alpha value is -1.34. The van der Waals surface area contributed by atoms with Crippen molar-refractivity contribution >= 4 is 28.6 Å². The number of phenols is 1. The number of hydrogen-bond acceptors (Lipinski definition) is 6. The van der Waals surface area contributed by atoms with Gasteiger partial charge >= 0.3 is 0 Å². The van der Waals surface area contributed by atoms with E-state index < -0.39 is 6.29 Å². The molecule has 7 heteroatoms. The summed E-state index contributed by atoms with van der Waals surface area (Å²) in [7, 11) is 3.13. The Labute approximate surface area is 126 Å². The zero-order valence-corrected chi connectivity index (χ0v) is 12.7. The van der Waals surface area contributed by atoms with Gasteiger partial charge in [-0.2, -0.15) is 0 Å². The molecule has 0 saturated carbocycles. The van der Waals surface area contributed by atoms with E-state index in [1.165, 1.54) is 11.3 Å². The average molecular weight is 315 g/mol. The average Bonchev–Trinajstić information content (AvgIpc) is 2.86. The Kier molecular flexibility index (Phi) is 5.19. The van der Waals surface area contributed by atoms with Gasteiger partial charge < -0.3 is 19.9 Å². The van der Waals surface area contributed by atoms with Crippen LogP contribution in [0, 0.1) is 0 Å². The van der Waals surface area contributed by atoms with Gasteiger partial charge in [0.05, 0.1) is 12.2 Å². The molecule has 0 aliphatic carbocycles. The van der Waals surface area contributed by atoms with Crippen molar-refractivity contribution < 1.29 is 14.6 Å². The van der Waals surface area contributed by atoms with Crippen molar-refractivity contribution in [2.45, 2.75) is 12.8 Å². The fraction of sp³-hybridized carbons (Fsp3) is 0.308. The van der Waals surface area contributed by atoms with Crippen LogP contribution in [-0.2, 0) is 16.0 Å². The van der Waals surface area contributed by atoms with Gasteiger partial charge in [-0.3, -0.25) is 0 Å². The van der Waals surface area contributed by atoms with Crippen LogP contribution in [0.5, 0.6) is 5.75 Å². The van der Waals surface area contributed by atoms with Gasteiger partial charge in [-0.05, 0) is 12.1 Å². The highest BCUT2D eigenvalue weighted by atomic mass is 35.5. The van der Waals surface area contributed by atoms with E-state index >= 15 is 0 Å². The van der Waals surface area contributed by atoms with Gasteiger partial charge in [0.1, 0.15) is 5.75 Å². The van der Waals surface area contributed by atoms with Gasteiger partial charge in [0, 0.05) is 30.9 Å². The molecular formula is C13H15ClN2O3S. The quantitative estimate of drug-likeness (QED) is 0.632. The van der Waals surface area contributed by atoms with Crippen molar-refractivity contribution in [2.24, 2.45) is 0 Å². The zero-order chi connectivity index (χ0) is 14.5.